The van der Waals surface area contributed by atoms with Gasteiger partial charge in [0.2, 0.25) is 17.7 Å². The van der Waals surface area contributed by atoms with Gasteiger partial charge in [-0.3, -0.25) is 19.8 Å². The minimum absolute atomic E-state index is 0.0476. The highest BCUT2D eigenvalue weighted by atomic mass is 32.2. The molecule has 4 rings (SSSR count). The number of rotatable bonds is 12. The van der Waals surface area contributed by atoms with Crippen molar-refractivity contribution in [2.45, 2.75) is 68.7 Å². The molecule has 10 nitrogen and oxygen atoms in total. The van der Waals surface area contributed by atoms with Crippen molar-refractivity contribution < 1.29 is 18.9 Å². The number of amidine groups is 1. The van der Waals surface area contributed by atoms with Crippen molar-refractivity contribution in [3.05, 3.63) is 59.7 Å². The topological polar surface area (TPSA) is 155 Å². The van der Waals surface area contributed by atoms with Crippen LogP contribution in [0.5, 0.6) is 0 Å². The lowest BCUT2D eigenvalue weighted by atomic mass is 9.91. The van der Waals surface area contributed by atoms with Crippen LogP contribution in [-0.2, 0) is 32.2 Å². The summed E-state index contributed by atoms with van der Waals surface area (Å²) in [6.07, 6.45) is 6.61. The van der Waals surface area contributed by atoms with Crippen LogP contribution in [0.15, 0.2) is 53.4 Å². The fourth-order valence-electron chi connectivity index (χ4n) is 5.66. The van der Waals surface area contributed by atoms with Gasteiger partial charge in [0, 0.05) is 63.3 Å². The van der Waals surface area contributed by atoms with E-state index in [1.54, 1.807) is 48.3 Å². The van der Waals surface area contributed by atoms with Crippen LogP contribution in [0.1, 0.15) is 62.5 Å². The molecule has 2 aromatic rings. The smallest absolute Gasteiger partial charge is 0.244 e. The first kappa shape index (κ1) is 31.5. The molecule has 11 heteroatoms. The number of hydrogen-bond acceptors (Lipinski definition) is 6. The Balaban J connectivity index is 1.46. The molecule has 2 fully saturated rings. The van der Waals surface area contributed by atoms with E-state index in [0.717, 1.165) is 44.1 Å². The summed E-state index contributed by atoms with van der Waals surface area (Å²) in [5.41, 5.74) is 7.78. The fourth-order valence-corrected chi connectivity index (χ4v) is 6.67. The predicted octanol–water partition coefficient (Wildman–Crippen LogP) is 2.87. The number of benzene rings is 2. The SMILES string of the molecule is CNC(=O)CCCC1CCN(C(=O)[C@H](Cc2cccc(C(=N)N)c2)N[S+]([O-])c2cccc(N3CCCCC3=O)c2)CC1. The van der Waals surface area contributed by atoms with Gasteiger partial charge < -0.3 is 25.4 Å². The molecule has 2 aromatic carbocycles. The second-order valence-electron chi connectivity index (χ2n) is 11.1. The molecule has 0 radical (unpaired) electrons. The van der Waals surface area contributed by atoms with Crippen molar-refractivity contribution in [3.8, 4) is 0 Å². The number of carbonyl (C=O) groups excluding carboxylic acids is 3. The molecule has 2 atom stereocenters. The maximum atomic E-state index is 13.9. The van der Waals surface area contributed by atoms with E-state index in [4.69, 9.17) is 11.1 Å². The number of nitrogens with zero attached hydrogens (tertiary/aromatic N) is 2. The molecule has 0 bridgehead atoms. The first-order chi connectivity index (χ1) is 20.2. The number of nitrogens with one attached hydrogen (secondary N) is 3. The Morgan fingerprint density at radius 1 is 1.12 bits per heavy atom. The molecule has 0 aromatic heterocycles. The molecule has 42 heavy (non-hydrogen) atoms. The van der Waals surface area contributed by atoms with Crippen LogP contribution < -0.4 is 20.7 Å². The van der Waals surface area contributed by atoms with Crippen LogP contribution in [0.2, 0.25) is 0 Å². The van der Waals surface area contributed by atoms with E-state index in [1.807, 2.05) is 17.0 Å². The average molecular weight is 595 g/mol. The highest BCUT2D eigenvalue weighted by Gasteiger charge is 2.32. The number of carbonyl (C=O) groups is 3. The first-order valence-electron chi connectivity index (χ1n) is 14.8. The van der Waals surface area contributed by atoms with E-state index >= 15 is 0 Å². The minimum atomic E-state index is -1.71. The molecular weight excluding hydrogens is 552 g/mol. The summed E-state index contributed by atoms with van der Waals surface area (Å²) in [5, 5.41) is 10.4. The van der Waals surface area contributed by atoms with Crippen molar-refractivity contribution in [1.29, 1.82) is 5.41 Å². The van der Waals surface area contributed by atoms with E-state index in [9.17, 15) is 18.9 Å². The van der Waals surface area contributed by atoms with Gasteiger partial charge in [0.05, 0.1) is 11.4 Å². The van der Waals surface area contributed by atoms with Crippen molar-refractivity contribution in [3.63, 3.8) is 0 Å². The van der Waals surface area contributed by atoms with E-state index in [0.29, 0.717) is 54.5 Å². The lowest BCUT2D eigenvalue weighted by Gasteiger charge is -2.34. The molecule has 0 aliphatic carbocycles. The van der Waals surface area contributed by atoms with Gasteiger partial charge in [-0.1, -0.05) is 24.3 Å². The number of likely N-dealkylation sites (tertiary alicyclic amines) is 1. The van der Waals surface area contributed by atoms with Gasteiger partial charge in [0.1, 0.15) is 11.9 Å². The molecule has 2 aliphatic heterocycles. The number of nitrogens with two attached hydrogens (primary N) is 1. The van der Waals surface area contributed by atoms with Gasteiger partial charge in [0.15, 0.2) is 4.90 Å². The summed E-state index contributed by atoms with van der Waals surface area (Å²) in [7, 11) is 1.65. The number of nitrogen functional groups attached to an aromatic ring is 1. The standard InChI is InChI=1S/C31H42N6O4S/c1-34-28(38)12-5-7-22-14-17-36(18-15-22)31(40)27(20-23-8-4-9-24(19-23)30(32)33)35-42(41)26-11-6-10-25(21-26)37-16-3-2-13-29(37)39/h4,6,8-11,19,21-22,27,35H,2-3,5,7,12-18,20H2,1H3,(H3,32,33)(H,34,38)/t27-,42?/m0/s1. The molecule has 0 saturated carbocycles. The summed E-state index contributed by atoms with van der Waals surface area (Å²) < 4.78 is 16.7. The Hall–Kier alpha value is -3.41. The zero-order chi connectivity index (χ0) is 30.1. The number of hydrogen-bond donors (Lipinski definition) is 4. The normalized spacial score (nSPS) is 17.5. The Bertz CT molecular complexity index is 1270. The molecule has 2 saturated heterocycles. The van der Waals surface area contributed by atoms with Gasteiger partial charge in [-0.15, -0.1) is 4.72 Å². The maximum absolute atomic E-state index is 13.9. The monoisotopic (exact) mass is 594 g/mol. The van der Waals surface area contributed by atoms with Crippen molar-refractivity contribution in [2.75, 3.05) is 31.6 Å². The number of anilines is 1. The predicted molar refractivity (Wildman–Crippen MR) is 164 cm³/mol. The molecule has 2 aliphatic rings. The largest absolute Gasteiger partial charge is 0.593 e. The van der Waals surface area contributed by atoms with E-state index < -0.39 is 17.4 Å². The minimum Gasteiger partial charge on any atom is -0.593 e. The van der Waals surface area contributed by atoms with Crippen molar-refractivity contribution >= 4 is 40.6 Å². The maximum Gasteiger partial charge on any atom is 0.244 e. The second kappa shape index (κ2) is 15.2. The highest BCUT2D eigenvalue weighted by Crippen LogP contribution is 2.26. The van der Waals surface area contributed by atoms with Crippen molar-refractivity contribution in [1.82, 2.24) is 14.9 Å². The Morgan fingerprint density at radius 2 is 1.88 bits per heavy atom. The number of amides is 3. The van der Waals surface area contributed by atoms with Crippen LogP contribution in [-0.4, -0.2) is 65.7 Å². The van der Waals surface area contributed by atoms with Gasteiger partial charge >= 0.3 is 0 Å². The van der Waals surface area contributed by atoms with Crippen LogP contribution in [0.25, 0.3) is 0 Å². The van der Waals surface area contributed by atoms with Crippen LogP contribution >= 0.6 is 0 Å². The van der Waals surface area contributed by atoms with Gasteiger partial charge in [0.25, 0.3) is 0 Å². The van der Waals surface area contributed by atoms with E-state index in [2.05, 4.69) is 10.0 Å². The molecule has 226 valence electrons. The average Bonchev–Trinajstić information content (AvgIpc) is 3.01. The third kappa shape index (κ3) is 8.56. The van der Waals surface area contributed by atoms with Gasteiger partial charge in [-0.25, -0.2) is 0 Å². The Labute approximate surface area is 251 Å². The van der Waals surface area contributed by atoms with Gasteiger partial charge in [-0.05, 0) is 68.2 Å². The van der Waals surface area contributed by atoms with Crippen LogP contribution in [0.3, 0.4) is 0 Å². The fraction of sp³-hybridized carbons (Fsp3) is 0.484. The highest BCUT2D eigenvalue weighted by molar-refractivity contribution is 7.89. The quantitative estimate of drug-likeness (QED) is 0.168. The lowest BCUT2D eigenvalue weighted by Crippen LogP contribution is -2.51. The van der Waals surface area contributed by atoms with Crippen molar-refractivity contribution in [2.24, 2.45) is 11.7 Å². The summed E-state index contributed by atoms with van der Waals surface area (Å²) in [4.78, 5) is 41.9. The third-order valence-electron chi connectivity index (χ3n) is 8.11. The van der Waals surface area contributed by atoms with Gasteiger partial charge in [-0.2, -0.15) is 0 Å². The zero-order valence-corrected chi connectivity index (χ0v) is 25.1. The lowest BCUT2D eigenvalue weighted by molar-refractivity contribution is -0.134. The molecule has 2 heterocycles. The van der Waals surface area contributed by atoms with Crippen LogP contribution in [0.4, 0.5) is 5.69 Å². The number of piperidine rings is 2. The molecule has 3 amide bonds. The third-order valence-corrected chi connectivity index (χ3v) is 9.29. The summed E-state index contributed by atoms with van der Waals surface area (Å²) in [6.45, 7) is 1.85. The molecule has 1 unspecified atom stereocenters. The Kier molecular flexibility index (Phi) is 11.4. The summed E-state index contributed by atoms with van der Waals surface area (Å²) in [6, 6.07) is 13.6. The summed E-state index contributed by atoms with van der Waals surface area (Å²) >= 11 is -1.71. The molecule has 0 spiro atoms. The van der Waals surface area contributed by atoms with E-state index in [1.165, 1.54) is 0 Å². The van der Waals surface area contributed by atoms with E-state index in [-0.39, 0.29) is 30.0 Å². The van der Waals surface area contributed by atoms with Crippen LogP contribution in [0, 0.1) is 11.3 Å². The Morgan fingerprint density at radius 3 is 2.60 bits per heavy atom. The second-order valence-corrected chi connectivity index (χ2v) is 12.3. The molecule has 5 N–H and O–H groups in total. The summed E-state index contributed by atoms with van der Waals surface area (Å²) in [5.74, 6) is 0.396. The zero-order valence-electron chi connectivity index (χ0n) is 24.3. The first-order valence-corrected chi connectivity index (χ1v) is 15.9. The molecular formula is C31H42N6O4S.